The molecule has 1 aliphatic carbocycles. The number of fused-ring (bicyclic) bond motifs is 1. The van der Waals surface area contributed by atoms with Gasteiger partial charge in [-0.1, -0.05) is 19.1 Å². The van der Waals surface area contributed by atoms with Crippen LogP contribution in [0.15, 0.2) is 24.3 Å². The third-order valence-electron chi connectivity index (χ3n) is 4.47. The standard InChI is InChI=1S/C19H20FNO3/c1-3-8-24-19(23)18-11(2)17-15(21-18)9-13(10-16(17)22)12-4-6-14(20)7-5-12/h4-7,13,21H,3,8-10H2,1-2H3/t13-/m1/s1. The smallest absolute Gasteiger partial charge is 0.355 e. The maximum Gasteiger partial charge on any atom is 0.355 e. The van der Waals surface area contributed by atoms with Crippen LogP contribution in [-0.4, -0.2) is 23.3 Å². The highest BCUT2D eigenvalue weighted by molar-refractivity contribution is 6.03. The molecule has 0 radical (unpaired) electrons. The number of ether oxygens (including phenoxy) is 1. The quantitative estimate of drug-likeness (QED) is 0.864. The van der Waals surface area contributed by atoms with Crippen LogP contribution >= 0.6 is 0 Å². The molecule has 0 saturated heterocycles. The third-order valence-corrected chi connectivity index (χ3v) is 4.47. The van der Waals surface area contributed by atoms with E-state index in [1.807, 2.05) is 6.92 Å². The lowest BCUT2D eigenvalue weighted by molar-refractivity contribution is 0.0498. The van der Waals surface area contributed by atoms with Crippen molar-refractivity contribution < 1.29 is 18.7 Å². The summed E-state index contributed by atoms with van der Waals surface area (Å²) < 4.78 is 18.3. The Morgan fingerprint density at radius 1 is 1.29 bits per heavy atom. The van der Waals surface area contributed by atoms with Crippen LogP contribution in [0.4, 0.5) is 4.39 Å². The summed E-state index contributed by atoms with van der Waals surface area (Å²) in [5, 5.41) is 0. The van der Waals surface area contributed by atoms with Crippen molar-refractivity contribution in [2.75, 3.05) is 6.61 Å². The van der Waals surface area contributed by atoms with Gasteiger partial charge in [-0.3, -0.25) is 4.79 Å². The van der Waals surface area contributed by atoms with Gasteiger partial charge in [0, 0.05) is 17.7 Å². The van der Waals surface area contributed by atoms with Crippen LogP contribution in [0.1, 0.15) is 63.4 Å². The minimum atomic E-state index is -0.421. The number of Topliss-reactive ketones (excluding diaryl/α,β-unsaturated/α-hetero) is 1. The molecule has 1 atom stereocenters. The molecule has 1 N–H and O–H groups in total. The molecule has 0 amide bonds. The van der Waals surface area contributed by atoms with E-state index in [-0.39, 0.29) is 17.5 Å². The number of benzene rings is 1. The Morgan fingerprint density at radius 3 is 2.67 bits per heavy atom. The van der Waals surface area contributed by atoms with Crippen molar-refractivity contribution in [2.45, 2.75) is 39.0 Å². The van der Waals surface area contributed by atoms with Crippen molar-refractivity contribution in [3.05, 3.63) is 58.2 Å². The largest absolute Gasteiger partial charge is 0.461 e. The predicted octanol–water partition coefficient (Wildman–Crippen LogP) is 3.94. The van der Waals surface area contributed by atoms with E-state index in [0.717, 1.165) is 17.7 Å². The SMILES string of the molecule is CCCOC(=O)c1[nH]c2c(c1C)C(=O)C[C@H](c1ccc(F)cc1)C2. The Balaban J connectivity index is 1.89. The molecule has 1 aromatic heterocycles. The molecule has 0 spiro atoms. The van der Waals surface area contributed by atoms with E-state index >= 15 is 0 Å². The van der Waals surface area contributed by atoms with E-state index in [0.29, 0.717) is 36.3 Å². The summed E-state index contributed by atoms with van der Waals surface area (Å²) in [5.41, 5.74) is 3.33. The number of ketones is 1. The zero-order chi connectivity index (χ0) is 17.3. The number of carbonyl (C=O) groups is 2. The highest BCUT2D eigenvalue weighted by Crippen LogP contribution is 2.35. The Morgan fingerprint density at radius 2 is 2.00 bits per heavy atom. The summed E-state index contributed by atoms with van der Waals surface area (Å²) in [6.07, 6.45) is 1.73. The molecule has 0 saturated carbocycles. The summed E-state index contributed by atoms with van der Waals surface area (Å²) >= 11 is 0. The van der Waals surface area contributed by atoms with E-state index in [9.17, 15) is 14.0 Å². The second-order valence-electron chi connectivity index (χ2n) is 6.19. The Kier molecular flexibility index (Phi) is 4.51. The topological polar surface area (TPSA) is 59.2 Å². The van der Waals surface area contributed by atoms with Gasteiger partial charge in [-0.25, -0.2) is 9.18 Å². The van der Waals surface area contributed by atoms with Crippen molar-refractivity contribution in [2.24, 2.45) is 0 Å². The average Bonchev–Trinajstić information content (AvgIpc) is 2.90. The van der Waals surface area contributed by atoms with Gasteiger partial charge in [-0.2, -0.15) is 0 Å². The molecule has 1 heterocycles. The Labute approximate surface area is 140 Å². The second kappa shape index (κ2) is 6.59. The maximum absolute atomic E-state index is 13.1. The lowest BCUT2D eigenvalue weighted by Crippen LogP contribution is -2.18. The van der Waals surface area contributed by atoms with Crippen LogP contribution in [0.25, 0.3) is 0 Å². The molecule has 5 heteroatoms. The van der Waals surface area contributed by atoms with Gasteiger partial charge in [0.15, 0.2) is 5.78 Å². The number of aromatic nitrogens is 1. The second-order valence-corrected chi connectivity index (χ2v) is 6.19. The number of nitrogens with one attached hydrogen (secondary N) is 1. The predicted molar refractivity (Wildman–Crippen MR) is 87.9 cm³/mol. The molecule has 0 aliphatic heterocycles. The van der Waals surface area contributed by atoms with Crippen molar-refractivity contribution in [1.29, 1.82) is 0 Å². The zero-order valence-corrected chi connectivity index (χ0v) is 13.8. The van der Waals surface area contributed by atoms with E-state index in [1.165, 1.54) is 12.1 Å². The van der Waals surface area contributed by atoms with Crippen molar-refractivity contribution >= 4 is 11.8 Å². The molecular formula is C19H20FNO3. The summed E-state index contributed by atoms with van der Waals surface area (Å²) in [6, 6.07) is 6.24. The van der Waals surface area contributed by atoms with Crippen LogP contribution < -0.4 is 0 Å². The monoisotopic (exact) mass is 329 g/mol. The molecular weight excluding hydrogens is 309 g/mol. The summed E-state index contributed by atoms with van der Waals surface area (Å²) in [7, 11) is 0. The van der Waals surface area contributed by atoms with Gasteiger partial charge < -0.3 is 9.72 Å². The van der Waals surface area contributed by atoms with Gasteiger partial charge in [0.05, 0.1) is 6.61 Å². The van der Waals surface area contributed by atoms with Gasteiger partial charge in [0.25, 0.3) is 0 Å². The number of carbonyl (C=O) groups excluding carboxylic acids is 2. The molecule has 24 heavy (non-hydrogen) atoms. The van der Waals surface area contributed by atoms with E-state index in [2.05, 4.69) is 4.98 Å². The van der Waals surface area contributed by atoms with Crippen LogP contribution in [0.2, 0.25) is 0 Å². The van der Waals surface area contributed by atoms with Gasteiger partial charge in [0.1, 0.15) is 11.5 Å². The van der Waals surface area contributed by atoms with Crippen LogP contribution in [0.3, 0.4) is 0 Å². The Bertz CT molecular complexity index is 777. The first-order valence-electron chi connectivity index (χ1n) is 8.18. The van der Waals surface area contributed by atoms with Gasteiger partial charge in [-0.15, -0.1) is 0 Å². The summed E-state index contributed by atoms with van der Waals surface area (Å²) in [6.45, 7) is 4.05. The number of hydrogen-bond acceptors (Lipinski definition) is 3. The number of H-pyrrole nitrogens is 1. The molecule has 1 aliphatic rings. The molecule has 0 fully saturated rings. The fraction of sp³-hybridized carbons (Fsp3) is 0.368. The lowest BCUT2D eigenvalue weighted by Gasteiger charge is -2.22. The number of esters is 1. The molecule has 3 rings (SSSR count). The van der Waals surface area contributed by atoms with Crippen molar-refractivity contribution in [3.8, 4) is 0 Å². The molecule has 1 aromatic carbocycles. The lowest BCUT2D eigenvalue weighted by atomic mass is 9.81. The minimum absolute atomic E-state index is 0.00821. The Hall–Kier alpha value is -2.43. The first-order valence-corrected chi connectivity index (χ1v) is 8.18. The summed E-state index contributed by atoms with van der Waals surface area (Å²) in [5.74, 6) is -0.717. The van der Waals surface area contributed by atoms with Gasteiger partial charge in [-0.05, 0) is 48.9 Å². The van der Waals surface area contributed by atoms with Crippen molar-refractivity contribution in [3.63, 3.8) is 0 Å². The van der Waals surface area contributed by atoms with Gasteiger partial charge in [0.2, 0.25) is 0 Å². The maximum atomic E-state index is 13.1. The van der Waals surface area contributed by atoms with Crippen LogP contribution in [-0.2, 0) is 11.2 Å². The minimum Gasteiger partial charge on any atom is -0.461 e. The molecule has 2 aromatic rings. The molecule has 4 nitrogen and oxygen atoms in total. The van der Waals surface area contributed by atoms with Gasteiger partial charge >= 0.3 is 5.97 Å². The van der Waals surface area contributed by atoms with Crippen LogP contribution in [0, 0.1) is 12.7 Å². The first kappa shape index (κ1) is 16.4. The van der Waals surface area contributed by atoms with E-state index in [1.54, 1.807) is 19.1 Å². The summed E-state index contributed by atoms with van der Waals surface area (Å²) in [4.78, 5) is 27.8. The number of aromatic amines is 1. The molecule has 126 valence electrons. The van der Waals surface area contributed by atoms with Crippen molar-refractivity contribution in [1.82, 2.24) is 4.98 Å². The average molecular weight is 329 g/mol. The number of rotatable bonds is 4. The fourth-order valence-corrected chi connectivity index (χ4v) is 3.28. The highest BCUT2D eigenvalue weighted by Gasteiger charge is 2.32. The number of halogens is 1. The van der Waals surface area contributed by atoms with E-state index in [4.69, 9.17) is 4.74 Å². The fourth-order valence-electron chi connectivity index (χ4n) is 3.28. The number of hydrogen-bond donors (Lipinski definition) is 1. The van der Waals surface area contributed by atoms with E-state index < -0.39 is 5.97 Å². The zero-order valence-electron chi connectivity index (χ0n) is 13.8. The third kappa shape index (κ3) is 2.98. The van der Waals surface area contributed by atoms with Crippen LogP contribution in [0.5, 0.6) is 0 Å². The molecule has 0 unspecified atom stereocenters. The highest BCUT2D eigenvalue weighted by atomic mass is 19.1. The normalized spacial score (nSPS) is 16.8. The first-order chi connectivity index (χ1) is 11.5. The molecule has 0 bridgehead atoms.